The number of methoxy groups -OCH3 is 1. The van der Waals surface area contributed by atoms with E-state index in [4.69, 9.17) is 14.1 Å². The Labute approximate surface area is 224 Å². The second-order valence-electron chi connectivity index (χ2n) is 10.5. The van der Waals surface area contributed by atoms with Crippen molar-refractivity contribution in [2.75, 3.05) is 44.7 Å². The van der Waals surface area contributed by atoms with Crippen LogP contribution in [0, 0.1) is 5.82 Å². The molecule has 2 fully saturated rings. The molecule has 2 saturated heterocycles. The van der Waals surface area contributed by atoms with E-state index in [1.54, 1.807) is 12.1 Å². The Morgan fingerprint density at radius 1 is 1.21 bits per heavy atom. The number of likely N-dealkylation sites (N-methyl/N-ethyl adjacent to an activating group) is 1. The normalized spacial score (nSPS) is 23.6. The molecule has 1 aromatic carbocycles. The van der Waals surface area contributed by atoms with Crippen LogP contribution in [-0.4, -0.2) is 78.4 Å². The van der Waals surface area contributed by atoms with Crippen molar-refractivity contribution in [3.05, 3.63) is 53.0 Å². The number of pyridine rings is 1. The van der Waals surface area contributed by atoms with Crippen LogP contribution in [-0.2, 0) is 21.5 Å². The van der Waals surface area contributed by atoms with Gasteiger partial charge in [0.2, 0.25) is 11.8 Å². The maximum atomic E-state index is 14.9. The summed E-state index contributed by atoms with van der Waals surface area (Å²) >= 11 is 0. The number of piperazine rings is 1. The van der Waals surface area contributed by atoms with Crippen LogP contribution in [0.2, 0.25) is 0 Å². The summed E-state index contributed by atoms with van der Waals surface area (Å²) in [5.41, 5.74) is -0.00918. The largest absolute Gasteiger partial charge is 0.494 e. The van der Waals surface area contributed by atoms with Gasteiger partial charge in [-0.25, -0.2) is 9.37 Å². The van der Waals surface area contributed by atoms with E-state index < -0.39 is 29.0 Å². The molecule has 6 rings (SSSR count). The fourth-order valence-electron chi connectivity index (χ4n) is 6.05. The van der Waals surface area contributed by atoms with Crippen molar-refractivity contribution in [2.24, 2.45) is 0 Å². The number of amides is 3. The van der Waals surface area contributed by atoms with Gasteiger partial charge in [0.1, 0.15) is 22.5 Å². The minimum atomic E-state index is -1.46. The number of imide groups is 1. The summed E-state index contributed by atoms with van der Waals surface area (Å²) in [6, 6.07) is 8.89. The van der Waals surface area contributed by atoms with Crippen molar-refractivity contribution in [1.29, 1.82) is 0 Å². The maximum absolute atomic E-state index is 14.9. The molecule has 11 heteroatoms. The number of ether oxygens (including phenoxy) is 1. The third kappa shape index (κ3) is 4.03. The van der Waals surface area contributed by atoms with Crippen LogP contribution in [0.3, 0.4) is 0 Å². The first-order valence-corrected chi connectivity index (χ1v) is 13.1. The molecule has 0 saturated carbocycles. The van der Waals surface area contributed by atoms with Gasteiger partial charge in [-0.15, -0.1) is 0 Å². The van der Waals surface area contributed by atoms with E-state index in [1.165, 1.54) is 18.1 Å². The van der Waals surface area contributed by atoms with Gasteiger partial charge in [0.15, 0.2) is 17.1 Å². The summed E-state index contributed by atoms with van der Waals surface area (Å²) < 4.78 is 26.1. The van der Waals surface area contributed by atoms with Crippen LogP contribution in [0.25, 0.3) is 11.1 Å². The van der Waals surface area contributed by atoms with Gasteiger partial charge in [0.25, 0.3) is 5.91 Å². The number of rotatable bonds is 6. The average Bonchev–Trinajstić information content (AvgIpc) is 3.57. The molecule has 39 heavy (non-hydrogen) atoms. The zero-order valence-electron chi connectivity index (χ0n) is 22.1. The van der Waals surface area contributed by atoms with E-state index in [-0.39, 0.29) is 36.6 Å². The standard InChI is InChI=1S/C28H30FN5O5/c1-4-32-9-10-33(13-16(32)2)22-8-7-19-18(30-22)11-21(39-19)28(12-23(35)31-27(28)37)15-34-14-17-5-6-20(38-3)25(29)24(17)26(34)36/h5-8,11,16H,4,9-10,12-15H2,1-3H3,(H,31,35,37). The lowest BCUT2D eigenvalue weighted by atomic mass is 9.82. The number of hydrogen-bond donors (Lipinski definition) is 1. The van der Waals surface area contributed by atoms with Crippen molar-refractivity contribution in [2.45, 2.75) is 38.3 Å². The highest BCUT2D eigenvalue weighted by atomic mass is 19.1. The average molecular weight is 536 g/mol. The Balaban J connectivity index is 1.32. The van der Waals surface area contributed by atoms with Crippen molar-refractivity contribution in [3.63, 3.8) is 0 Å². The lowest BCUT2D eigenvalue weighted by Gasteiger charge is -2.39. The smallest absolute Gasteiger partial charge is 0.257 e. The Bertz CT molecular complexity index is 1500. The third-order valence-corrected chi connectivity index (χ3v) is 8.21. The molecular weight excluding hydrogens is 505 g/mol. The van der Waals surface area contributed by atoms with Gasteiger partial charge in [0, 0.05) is 44.8 Å². The lowest BCUT2D eigenvalue weighted by molar-refractivity contribution is -0.127. The molecule has 1 N–H and O–H groups in total. The molecule has 2 aromatic heterocycles. The number of halogens is 1. The zero-order valence-corrected chi connectivity index (χ0v) is 22.1. The van der Waals surface area contributed by atoms with Crippen LogP contribution in [0.5, 0.6) is 5.75 Å². The molecule has 0 aliphatic carbocycles. The van der Waals surface area contributed by atoms with E-state index in [0.29, 0.717) is 22.7 Å². The molecule has 2 unspecified atom stereocenters. The molecule has 5 heterocycles. The van der Waals surface area contributed by atoms with Crippen molar-refractivity contribution in [3.8, 4) is 5.75 Å². The molecule has 0 radical (unpaired) electrons. The maximum Gasteiger partial charge on any atom is 0.257 e. The number of nitrogens with zero attached hydrogens (tertiary/aromatic N) is 4. The number of fused-ring (bicyclic) bond motifs is 2. The second kappa shape index (κ2) is 9.33. The molecular formula is C28H30FN5O5. The molecule has 0 bridgehead atoms. The predicted octanol–water partition coefficient (Wildman–Crippen LogP) is 2.45. The highest BCUT2D eigenvalue weighted by Gasteiger charge is 2.53. The number of anilines is 1. The monoisotopic (exact) mass is 535 g/mol. The first-order valence-electron chi connectivity index (χ1n) is 13.1. The summed E-state index contributed by atoms with van der Waals surface area (Å²) in [5, 5.41) is 2.36. The quantitative estimate of drug-likeness (QED) is 0.480. The van der Waals surface area contributed by atoms with Crippen molar-refractivity contribution >= 4 is 34.6 Å². The second-order valence-corrected chi connectivity index (χ2v) is 10.5. The highest BCUT2D eigenvalue weighted by molar-refractivity contribution is 6.10. The molecule has 2 atom stereocenters. The minimum Gasteiger partial charge on any atom is -0.494 e. The number of nitrogens with one attached hydrogen (secondary N) is 1. The van der Waals surface area contributed by atoms with E-state index in [9.17, 15) is 18.8 Å². The van der Waals surface area contributed by atoms with Gasteiger partial charge in [-0.1, -0.05) is 13.0 Å². The summed E-state index contributed by atoms with van der Waals surface area (Å²) in [6.07, 6.45) is -0.194. The van der Waals surface area contributed by atoms with E-state index in [2.05, 4.69) is 29.0 Å². The Morgan fingerprint density at radius 3 is 2.72 bits per heavy atom. The van der Waals surface area contributed by atoms with Crippen LogP contribution in [0.4, 0.5) is 10.2 Å². The van der Waals surface area contributed by atoms with Gasteiger partial charge in [-0.05, 0) is 37.2 Å². The van der Waals surface area contributed by atoms with Crippen LogP contribution in [0.15, 0.2) is 34.7 Å². The zero-order chi connectivity index (χ0) is 27.5. The number of carbonyl (C=O) groups is 3. The molecule has 3 amide bonds. The minimum absolute atomic E-state index is 0.0304. The molecule has 3 aliphatic heterocycles. The number of furan rings is 1. The number of aromatic nitrogens is 1. The summed E-state index contributed by atoms with van der Waals surface area (Å²) in [6.45, 7) is 7.94. The molecule has 3 aliphatic rings. The molecule has 0 spiro atoms. The van der Waals surface area contributed by atoms with Gasteiger partial charge in [-0.3, -0.25) is 24.6 Å². The number of benzene rings is 1. The van der Waals surface area contributed by atoms with E-state index in [1.807, 2.05) is 12.1 Å². The van der Waals surface area contributed by atoms with E-state index in [0.717, 1.165) is 32.0 Å². The highest BCUT2D eigenvalue weighted by Crippen LogP contribution is 2.40. The fourth-order valence-corrected chi connectivity index (χ4v) is 6.05. The van der Waals surface area contributed by atoms with Gasteiger partial charge >= 0.3 is 0 Å². The number of carbonyl (C=O) groups excluding carboxylic acids is 3. The Kier molecular flexibility index (Phi) is 6.05. The molecule has 3 aromatic rings. The lowest BCUT2D eigenvalue weighted by Crippen LogP contribution is -2.51. The Hall–Kier alpha value is -3.99. The van der Waals surface area contributed by atoms with Gasteiger partial charge in [0.05, 0.1) is 19.1 Å². The van der Waals surface area contributed by atoms with Crippen molar-refractivity contribution in [1.82, 2.24) is 20.1 Å². The topological polar surface area (TPSA) is 108 Å². The Morgan fingerprint density at radius 2 is 2.03 bits per heavy atom. The molecule has 204 valence electrons. The summed E-state index contributed by atoms with van der Waals surface area (Å²) in [5.74, 6) is -1.29. The summed E-state index contributed by atoms with van der Waals surface area (Å²) in [4.78, 5) is 49.8. The van der Waals surface area contributed by atoms with E-state index >= 15 is 0 Å². The first kappa shape index (κ1) is 25.3. The fraction of sp³-hybridized carbons (Fsp3) is 0.429. The van der Waals surface area contributed by atoms with Gasteiger partial charge < -0.3 is 19.0 Å². The first-order chi connectivity index (χ1) is 18.7. The number of hydrogen-bond acceptors (Lipinski definition) is 8. The van der Waals surface area contributed by atoms with Crippen molar-refractivity contribution < 1.29 is 27.9 Å². The van der Waals surface area contributed by atoms with Crippen LogP contribution < -0.4 is 15.0 Å². The SMILES string of the molecule is CCN1CCN(c2ccc3oc(C4(CN5Cc6ccc(OC)c(F)c6C5=O)CC(=O)NC4=O)cc3n2)CC1C. The summed E-state index contributed by atoms with van der Waals surface area (Å²) in [7, 11) is 1.33. The van der Waals surface area contributed by atoms with Crippen LogP contribution >= 0.6 is 0 Å². The third-order valence-electron chi connectivity index (χ3n) is 8.21. The molecule has 10 nitrogen and oxygen atoms in total. The van der Waals surface area contributed by atoms with Gasteiger partial charge in [-0.2, -0.15) is 0 Å². The van der Waals surface area contributed by atoms with Crippen LogP contribution in [0.1, 0.15) is 41.9 Å². The predicted molar refractivity (Wildman–Crippen MR) is 140 cm³/mol.